The van der Waals surface area contributed by atoms with Crippen LogP contribution < -0.4 is 0 Å². The first-order chi connectivity index (χ1) is 14.0. The van der Waals surface area contributed by atoms with Gasteiger partial charge in [-0.1, -0.05) is 47.6 Å². The fraction of sp³-hybridized carbons (Fsp3) is 0.333. The molecular weight excluding hydrogens is 410 g/mol. The number of rotatable bonds is 8. The summed E-state index contributed by atoms with van der Waals surface area (Å²) >= 11 is 0. The molecule has 0 saturated carbocycles. The summed E-state index contributed by atoms with van der Waals surface area (Å²) in [4.78, 5) is 29.4. The molecule has 0 spiro atoms. The van der Waals surface area contributed by atoms with Crippen LogP contribution in [-0.4, -0.2) is 52.9 Å². The maximum absolute atomic E-state index is 11.2. The van der Waals surface area contributed by atoms with Crippen LogP contribution in [0.3, 0.4) is 0 Å². The number of nitro groups is 1. The van der Waals surface area contributed by atoms with Crippen molar-refractivity contribution in [3.8, 4) is 0 Å². The van der Waals surface area contributed by atoms with Gasteiger partial charge in [0.25, 0.3) is 5.69 Å². The molecule has 1 heterocycles. The van der Waals surface area contributed by atoms with E-state index in [2.05, 4.69) is 10.1 Å². The van der Waals surface area contributed by atoms with Crippen LogP contribution in [0.2, 0.25) is 0 Å². The van der Waals surface area contributed by atoms with Gasteiger partial charge in [-0.05, 0) is 19.4 Å². The number of oxime groups is 1. The predicted octanol–water partition coefficient (Wildman–Crippen LogP) is 3.58. The van der Waals surface area contributed by atoms with E-state index in [1.807, 2.05) is 30.3 Å². The zero-order chi connectivity index (χ0) is 20.6. The summed E-state index contributed by atoms with van der Waals surface area (Å²) in [5.41, 5.74) is 1.88. The van der Waals surface area contributed by atoms with Crippen molar-refractivity contribution in [2.24, 2.45) is 11.1 Å². The number of benzene rings is 2. The zero-order valence-corrected chi connectivity index (χ0v) is 17.2. The van der Waals surface area contributed by atoms with Gasteiger partial charge < -0.3 is 9.94 Å². The molecule has 9 heteroatoms. The van der Waals surface area contributed by atoms with Crippen molar-refractivity contribution < 1.29 is 19.7 Å². The molecule has 0 aliphatic carbocycles. The molecule has 1 saturated heterocycles. The number of carboxylic acids is 1. The summed E-state index contributed by atoms with van der Waals surface area (Å²) in [7, 11) is 0. The van der Waals surface area contributed by atoms with Crippen molar-refractivity contribution in [3.05, 3.63) is 75.8 Å². The van der Waals surface area contributed by atoms with E-state index >= 15 is 0 Å². The lowest BCUT2D eigenvalue weighted by atomic mass is 9.98. The fourth-order valence-electron chi connectivity index (χ4n) is 3.38. The number of piperidine rings is 1. The first-order valence-corrected chi connectivity index (χ1v) is 9.50. The van der Waals surface area contributed by atoms with Crippen LogP contribution >= 0.6 is 12.4 Å². The Balaban J connectivity index is 0.00000320. The number of nitro benzene ring substituents is 1. The molecule has 3 rings (SSSR count). The molecule has 0 aromatic heterocycles. The van der Waals surface area contributed by atoms with Gasteiger partial charge in [-0.3, -0.25) is 19.8 Å². The Morgan fingerprint density at radius 3 is 2.63 bits per heavy atom. The zero-order valence-electron chi connectivity index (χ0n) is 16.3. The Labute approximate surface area is 180 Å². The highest BCUT2D eigenvalue weighted by molar-refractivity contribution is 6.12. The molecule has 30 heavy (non-hydrogen) atoms. The van der Waals surface area contributed by atoms with Crippen LogP contribution in [0, 0.1) is 16.0 Å². The number of likely N-dealkylation sites (tertiary alicyclic amines) is 1. The average Bonchev–Trinajstić information content (AvgIpc) is 2.74. The second kappa shape index (κ2) is 11.3. The van der Waals surface area contributed by atoms with Crippen molar-refractivity contribution in [1.29, 1.82) is 0 Å². The lowest BCUT2D eigenvalue weighted by Gasteiger charge is -2.29. The van der Waals surface area contributed by atoms with Crippen molar-refractivity contribution in [3.63, 3.8) is 0 Å². The third-order valence-corrected chi connectivity index (χ3v) is 4.89. The Morgan fingerprint density at radius 2 is 1.93 bits per heavy atom. The van der Waals surface area contributed by atoms with Crippen LogP contribution in [0.5, 0.6) is 0 Å². The van der Waals surface area contributed by atoms with Crippen molar-refractivity contribution in [2.75, 3.05) is 26.2 Å². The van der Waals surface area contributed by atoms with E-state index in [4.69, 9.17) is 4.84 Å². The number of halogens is 1. The molecule has 1 unspecified atom stereocenters. The van der Waals surface area contributed by atoms with Gasteiger partial charge in [-0.2, -0.15) is 0 Å². The number of carbonyl (C=O) groups is 1. The number of nitrogens with zero attached hydrogens (tertiary/aromatic N) is 3. The van der Waals surface area contributed by atoms with E-state index in [9.17, 15) is 20.0 Å². The number of hydrogen-bond acceptors (Lipinski definition) is 6. The van der Waals surface area contributed by atoms with Gasteiger partial charge in [0.2, 0.25) is 0 Å². The molecule has 1 atom stereocenters. The van der Waals surface area contributed by atoms with Gasteiger partial charge in [0.1, 0.15) is 12.3 Å². The number of non-ortho nitro benzene ring substituents is 1. The average molecular weight is 434 g/mol. The number of carboxylic acid groups (broad SMARTS) is 1. The standard InChI is InChI=1S/C21H23N3O5.ClH/c25-21(26)18-9-5-11-23(15-18)12-13-29-22-20(16-6-2-1-3-7-16)17-8-4-10-19(14-17)24(27)28;/h1-4,6-8,10,14,18H,5,9,11-13,15H2,(H,25,26);1H. The minimum Gasteiger partial charge on any atom is -0.481 e. The summed E-state index contributed by atoms with van der Waals surface area (Å²) in [6.45, 7) is 2.23. The predicted molar refractivity (Wildman–Crippen MR) is 115 cm³/mol. The van der Waals surface area contributed by atoms with Gasteiger partial charge in [0.05, 0.1) is 10.8 Å². The molecule has 2 aromatic carbocycles. The summed E-state index contributed by atoms with van der Waals surface area (Å²) in [6, 6.07) is 15.6. The highest BCUT2D eigenvalue weighted by Gasteiger charge is 2.25. The van der Waals surface area contributed by atoms with Crippen LogP contribution in [0.1, 0.15) is 24.0 Å². The maximum Gasteiger partial charge on any atom is 0.307 e. The molecule has 1 fully saturated rings. The van der Waals surface area contributed by atoms with Crippen molar-refractivity contribution in [2.45, 2.75) is 12.8 Å². The minimum atomic E-state index is -0.759. The van der Waals surface area contributed by atoms with Gasteiger partial charge in [0, 0.05) is 36.3 Å². The fourth-order valence-corrected chi connectivity index (χ4v) is 3.38. The first-order valence-electron chi connectivity index (χ1n) is 9.50. The highest BCUT2D eigenvalue weighted by atomic mass is 35.5. The minimum absolute atomic E-state index is 0. The summed E-state index contributed by atoms with van der Waals surface area (Å²) in [6.07, 6.45) is 1.55. The van der Waals surface area contributed by atoms with Crippen LogP contribution in [0.4, 0.5) is 5.69 Å². The van der Waals surface area contributed by atoms with E-state index < -0.39 is 10.9 Å². The second-order valence-corrected chi connectivity index (χ2v) is 6.92. The van der Waals surface area contributed by atoms with Crippen molar-refractivity contribution in [1.82, 2.24) is 4.90 Å². The molecule has 0 bridgehead atoms. The molecule has 1 aliphatic heterocycles. The molecule has 0 radical (unpaired) electrons. The van der Waals surface area contributed by atoms with Crippen LogP contribution in [-0.2, 0) is 9.63 Å². The first kappa shape index (κ1) is 23.3. The molecule has 2 aromatic rings. The largest absolute Gasteiger partial charge is 0.481 e. The van der Waals surface area contributed by atoms with E-state index in [0.717, 1.165) is 18.5 Å². The monoisotopic (exact) mass is 433 g/mol. The van der Waals surface area contributed by atoms with Crippen molar-refractivity contribution >= 4 is 29.8 Å². The van der Waals surface area contributed by atoms with E-state index in [-0.39, 0.29) is 24.0 Å². The topological polar surface area (TPSA) is 105 Å². The van der Waals surface area contributed by atoms with Crippen LogP contribution in [0.15, 0.2) is 59.8 Å². The van der Waals surface area contributed by atoms with E-state index in [1.54, 1.807) is 12.1 Å². The SMILES string of the molecule is Cl.O=C(O)C1CCCN(CCON=C(c2ccccc2)c2cccc([N+](=O)[O-])c2)C1. The summed E-state index contributed by atoms with van der Waals surface area (Å²) in [5.74, 6) is -1.09. The molecular formula is C21H24ClN3O5. The normalized spacial score (nSPS) is 17.1. The third-order valence-electron chi connectivity index (χ3n) is 4.89. The molecule has 160 valence electrons. The molecule has 0 amide bonds. The number of aliphatic carboxylic acids is 1. The highest BCUT2D eigenvalue weighted by Crippen LogP contribution is 2.18. The quantitative estimate of drug-likeness (QED) is 0.295. The second-order valence-electron chi connectivity index (χ2n) is 6.92. The van der Waals surface area contributed by atoms with Gasteiger partial charge in [-0.25, -0.2) is 0 Å². The van der Waals surface area contributed by atoms with E-state index in [1.165, 1.54) is 12.1 Å². The van der Waals surface area contributed by atoms with Gasteiger partial charge in [-0.15, -0.1) is 12.4 Å². The van der Waals surface area contributed by atoms with E-state index in [0.29, 0.717) is 37.4 Å². The lowest BCUT2D eigenvalue weighted by molar-refractivity contribution is -0.384. The molecule has 1 N–H and O–H groups in total. The Bertz CT molecular complexity index is 891. The molecule has 8 nitrogen and oxygen atoms in total. The third kappa shape index (κ3) is 6.27. The Hall–Kier alpha value is -2.97. The Morgan fingerprint density at radius 1 is 1.20 bits per heavy atom. The summed E-state index contributed by atoms with van der Waals surface area (Å²) < 4.78 is 0. The molecule has 1 aliphatic rings. The maximum atomic E-state index is 11.2. The number of hydrogen-bond donors (Lipinski definition) is 1. The van der Waals surface area contributed by atoms with Crippen LogP contribution in [0.25, 0.3) is 0 Å². The smallest absolute Gasteiger partial charge is 0.307 e. The van der Waals surface area contributed by atoms with Gasteiger partial charge >= 0.3 is 5.97 Å². The van der Waals surface area contributed by atoms with Gasteiger partial charge in [0.15, 0.2) is 0 Å². The summed E-state index contributed by atoms with van der Waals surface area (Å²) in [5, 5.41) is 24.5. The lowest BCUT2D eigenvalue weighted by Crippen LogP contribution is -2.40. The Kier molecular flexibility index (Phi) is 8.76.